The fraction of sp³-hybridized carbons (Fsp3) is 0.655. The number of carbonyl (C=O) groups is 4. The van der Waals surface area contributed by atoms with Gasteiger partial charge in [0.15, 0.2) is 11.5 Å². The number of nitrogens with two attached hydrogens (primary N) is 1. The molecular weight excluding hydrogens is 522 g/mol. The van der Waals surface area contributed by atoms with Crippen LogP contribution in [0.15, 0.2) is 18.2 Å². The van der Waals surface area contributed by atoms with Crippen LogP contribution in [0.2, 0.25) is 0 Å². The molecule has 11 nitrogen and oxygen atoms in total. The van der Waals surface area contributed by atoms with E-state index in [2.05, 4.69) is 0 Å². The maximum atomic E-state index is 12.6. The minimum absolute atomic E-state index is 0.0138. The van der Waals surface area contributed by atoms with E-state index in [1.54, 1.807) is 20.8 Å². The van der Waals surface area contributed by atoms with E-state index in [-0.39, 0.29) is 42.1 Å². The van der Waals surface area contributed by atoms with Crippen LogP contribution in [0.5, 0.6) is 11.5 Å². The number of benzene rings is 1. The predicted molar refractivity (Wildman–Crippen MR) is 147 cm³/mol. The minimum atomic E-state index is -1.38. The number of aliphatic carboxylic acids is 1. The Balaban J connectivity index is 3.37. The zero-order valence-electron chi connectivity index (χ0n) is 25.0. The molecule has 1 aromatic carbocycles. The first-order chi connectivity index (χ1) is 18.5. The molecule has 0 amide bonds. The lowest BCUT2D eigenvalue weighted by Gasteiger charge is -2.26. The Morgan fingerprint density at radius 3 is 1.73 bits per heavy atom. The van der Waals surface area contributed by atoms with Crippen molar-refractivity contribution in [3.63, 3.8) is 0 Å². The highest BCUT2D eigenvalue weighted by molar-refractivity contribution is 5.75. The SMILES string of the molecule is CC(C)CC(=O)OC(C)CC(c1ccc(OC(=O)OC(C)C(C)C)c(OC(=O)OC(C)C(C)C)c1)[C@H](N)C(=O)O. The molecule has 5 atom stereocenters. The highest BCUT2D eigenvalue weighted by Gasteiger charge is 2.31. The Kier molecular flexibility index (Phi) is 13.9. The second kappa shape index (κ2) is 16.1. The molecule has 1 aromatic rings. The topological polar surface area (TPSA) is 161 Å². The molecule has 0 heterocycles. The molecule has 0 bridgehead atoms. The second-order valence-electron chi connectivity index (χ2n) is 11.1. The van der Waals surface area contributed by atoms with Gasteiger partial charge in [0, 0.05) is 12.3 Å². The molecule has 0 spiro atoms. The first-order valence-corrected chi connectivity index (χ1v) is 13.6. The standard InChI is InChI=1S/C29H45NO10/c1-15(2)12-25(31)36-18(7)13-22(26(30)27(32)33)21-10-11-23(39-28(34)37-19(8)16(3)4)24(14-21)40-29(35)38-20(9)17(5)6/h10-11,14-20,22,26H,12-13,30H2,1-9H3,(H,32,33)/t18?,19?,20?,22?,26-/m0/s1. The van der Waals surface area contributed by atoms with Crippen LogP contribution < -0.4 is 15.2 Å². The number of rotatable bonds is 14. The van der Waals surface area contributed by atoms with Crippen molar-refractivity contribution in [1.29, 1.82) is 0 Å². The number of hydrogen-bond acceptors (Lipinski definition) is 10. The molecule has 1 rings (SSSR count). The maximum absolute atomic E-state index is 12.6. The van der Waals surface area contributed by atoms with Crippen LogP contribution in [0.1, 0.15) is 86.6 Å². The summed E-state index contributed by atoms with van der Waals surface area (Å²) in [6.45, 7) is 16.3. The average molecular weight is 568 g/mol. The van der Waals surface area contributed by atoms with Gasteiger partial charge in [0.1, 0.15) is 18.2 Å². The third kappa shape index (κ3) is 11.8. The summed E-state index contributed by atoms with van der Waals surface area (Å²) in [5, 5.41) is 9.67. The van der Waals surface area contributed by atoms with E-state index in [4.69, 9.17) is 29.4 Å². The summed E-state index contributed by atoms with van der Waals surface area (Å²) in [6, 6.07) is 2.82. The third-order valence-electron chi connectivity index (χ3n) is 6.44. The summed E-state index contributed by atoms with van der Waals surface area (Å²) < 4.78 is 26.7. The summed E-state index contributed by atoms with van der Waals surface area (Å²) in [5.74, 6) is -2.73. The quantitative estimate of drug-likeness (QED) is 0.162. The number of carbonyl (C=O) groups excluding carboxylic acids is 3. The summed E-state index contributed by atoms with van der Waals surface area (Å²) in [6.07, 6.45) is -3.33. The Hall–Kier alpha value is -3.34. The van der Waals surface area contributed by atoms with Gasteiger partial charge >= 0.3 is 24.2 Å². The third-order valence-corrected chi connectivity index (χ3v) is 6.44. The molecule has 0 saturated heterocycles. The van der Waals surface area contributed by atoms with Crippen molar-refractivity contribution in [2.75, 3.05) is 0 Å². The van der Waals surface area contributed by atoms with Crippen molar-refractivity contribution in [2.45, 2.75) is 105 Å². The highest BCUT2D eigenvalue weighted by atomic mass is 16.7. The van der Waals surface area contributed by atoms with E-state index in [1.807, 2.05) is 41.5 Å². The Labute approximate surface area is 236 Å². The molecular formula is C29H45NO10. The molecule has 11 heteroatoms. The van der Waals surface area contributed by atoms with E-state index in [9.17, 15) is 24.3 Å². The fourth-order valence-corrected chi connectivity index (χ4v) is 3.40. The largest absolute Gasteiger partial charge is 0.514 e. The summed E-state index contributed by atoms with van der Waals surface area (Å²) >= 11 is 0. The van der Waals surface area contributed by atoms with Gasteiger partial charge in [0.25, 0.3) is 0 Å². The van der Waals surface area contributed by atoms with Gasteiger partial charge in [-0.3, -0.25) is 9.59 Å². The minimum Gasteiger partial charge on any atom is -0.480 e. The zero-order chi connectivity index (χ0) is 30.7. The lowest BCUT2D eigenvalue weighted by atomic mass is 9.87. The smallest absolute Gasteiger partial charge is 0.480 e. The molecule has 0 aliphatic rings. The van der Waals surface area contributed by atoms with Crippen LogP contribution >= 0.6 is 0 Å². The van der Waals surface area contributed by atoms with Gasteiger partial charge in [0.05, 0.1) is 6.10 Å². The molecule has 0 saturated carbocycles. The Morgan fingerprint density at radius 1 is 0.775 bits per heavy atom. The van der Waals surface area contributed by atoms with E-state index < -0.39 is 54.5 Å². The Morgan fingerprint density at radius 2 is 1.27 bits per heavy atom. The molecule has 0 aliphatic carbocycles. The van der Waals surface area contributed by atoms with E-state index in [0.717, 1.165) is 0 Å². The van der Waals surface area contributed by atoms with E-state index in [1.165, 1.54) is 18.2 Å². The second-order valence-corrected chi connectivity index (χ2v) is 11.1. The van der Waals surface area contributed by atoms with Crippen molar-refractivity contribution >= 4 is 24.2 Å². The number of ether oxygens (including phenoxy) is 5. The number of esters is 1. The molecule has 0 aromatic heterocycles. The monoisotopic (exact) mass is 567 g/mol. The Bertz CT molecular complexity index is 1010. The molecule has 0 fully saturated rings. The zero-order valence-corrected chi connectivity index (χ0v) is 25.0. The highest BCUT2D eigenvalue weighted by Crippen LogP contribution is 2.35. The maximum Gasteiger partial charge on any atom is 0.514 e. The molecule has 0 radical (unpaired) electrons. The van der Waals surface area contributed by atoms with Crippen LogP contribution in [0.25, 0.3) is 0 Å². The number of hydrogen-bond donors (Lipinski definition) is 2. The summed E-state index contributed by atoms with van der Waals surface area (Å²) in [7, 11) is 0. The summed E-state index contributed by atoms with van der Waals surface area (Å²) in [5.41, 5.74) is 6.39. The first-order valence-electron chi connectivity index (χ1n) is 13.6. The predicted octanol–water partition coefficient (Wildman–Crippen LogP) is 5.67. The van der Waals surface area contributed by atoms with Crippen LogP contribution in [0, 0.1) is 17.8 Å². The van der Waals surface area contributed by atoms with Gasteiger partial charge < -0.3 is 34.5 Å². The van der Waals surface area contributed by atoms with Crippen molar-refractivity contribution in [1.82, 2.24) is 0 Å². The number of carboxylic acid groups (broad SMARTS) is 1. The molecule has 226 valence electrons. The van der Waals surface area contributed by atoms with Gasteiger partial charge in [-0.15, -0.1) is 0 Å². The van der Waals surface area contributed by atoms with E-state index >= 15 is 0 Å². The molecule has 3 N–H and O–H groups in total. The fourth-order valence-electron chi connectivity index (χ4n) is 3.40. The lowest BCUT2D eigenvalue weighted by Crippen LogP contribution is -2.38. The molecule has 4 unspecified atom stereocenters. The van der Waals surface area contributed by atoms with Gasteiger partial charge in [-0.1, -0.05) is 47.6 Å². The van der Waals surface area contributed by atoms with Gasteiger partial charge in [-0.2, -0.15) is 0 Å². The van der Waals surface area contributed by atoms with Crippen LogP contribution in [-0.4, -0.2) is 53.7 Å². The van der Waals surface area contributed by atoms with Crippen LogP contribution in [-0.2, 0) is 23.8 Å². The van der Waals surface area contributed by atoms with Gasteiger partial charge in [0.2, 0.25) is 0 Å². The van der Waals surface area contributed by atoms with Gasteiger partial charge in [-0.05, 0) is 62.6 Å². The van der Waals surface area contributed by atoms with Gasteiger partial charge in [-0.25, -0.2) is 9.59 Å². The normalized spacial score (nSPS) is 15.1. The van der Waals surface area contributed by atoms with E-state index in [0.29, 0.717) is 5.56 Å². The summed E-state index contributed by atoms with van der Waals surface area (Å²) in [4.78, 5) is 49.0. The lowest BCUT2D eigenvalue weighted by molar-refractivity contribution is -0.149. The van der Waals surface area contributed by atoms with Crippen molar-refractivity contribution in [3.8, 4) is 11.5 Å². The van der Waals surface area contributed by atoms with Crippen molar-refractivity contribution in [2.24, 2.45) is 23.5 Å². The molecule has 0 aliphatic heterocycles. The van der Waals surface area contributed by atoms with Crippen molar-refractivity contribution in [3.05, 3.63) is 23.8 Å². The van der Waals surface area contributed by atoms with Crippen LogP contribution in [0.3, 0.4) is 0 Å². The van der Waals surface area contributed by atoms with Crippen LogP contribution in [0.4, 0.5) is 9.59 Å². The average Bonchev–Trinajstić information content (AvgIpc) is 2.82. The number of carboxylic acids is 1. The molecule has 40 heavy (non-hydrogen) atoms. The first kappa shape index (κ1) is 34.7. The van der Waals surface area contributed by atoms with Crippen molar-refractivity contribution < 1.29 is 48.0 Å².